The van der Waals surface area contributed by atoms with E-state index in [4.69, 9.17) is 9.47 Å². The summed E-state index contributed by atoms with van der Waals surface area (Å²) >= 11 is 0. The number of nitrogens with zero attached hydrogens (tertiary/aromatic N) is 2. The van der Waals surface area contributed by atoms with Crippen LogP contribution in [0.1, 0.15) is 42.9 Å². The minimum atomic E-state index is -0.793. The molecule has 186 valence electrons. The molecule has 1 saturated carbocycles. The summed E-state index contributed by atoms with van der Waals surface area (Å²) in [5.74, 6) is 5.70. The number of esters is 1. The number of likely N-dealkylation sites (tertiary alicyclic amines) is 1. The van der Waals surface area contributed by atoms with Crippen molar-refractivity contribution in [2.45, 2.75) is 61.8 Å². The molecule has 6 rings (SSSR count). The van der Waals surface area contributed by atoms with Gasteiger partial charge in [-0.1, -0.05) is 30.2 Å². The summed E-state index contributed by atoms with van der Waals surface area (Å²) < 4.78 is 12.9. The maximum absolute atomic E-state index is 13.2. The van der Waals surface area contributed by atoms with Gasteiger partial charge < -0.3 is 19.5 Å². The van der Waals surface area contributed by atoms with E-state index in [1.165, 1.54) is 6.92 Å². The number of rotatable bonds is 2. The van der Waals surface area contributed by atoms with E-state index in [9.17, 15) is 14.7 Å². The number of hydrogen-bond acceptors (Lipinski definition) is 6. The van der Waals surface area contributed by atoms with Gasteiger partial charge in [0.2, 0.25) is 0 Å². The molecule has 4 aliphatic rings. The van der Waals surface area contributed by atoms with Crippen molar-refractivity contribution in [2.24, 2.45) is 0 Å². The van der Waals surface area contributed by atoms with Crippen LogP contribution in [0.2, 0.25) is 0 Å². The molecule has 1 spiro atoms. The lowest BCUT2D eigenvalue weighted by Gasteiger charge is -2.65. The summed E-state index contributed by atoms with van der Waals surface area (Å²) in [6.07, 6.45) is 2.16. The first-order chi connectivity index (χ1) is 17.3. The third-order valence-electron chi connectivity index (χ3n) is 8.89. The smallest absolute Gasteiger partial charge is 0.303 e. The quantitative estimate of drug-likeness (QED) is 0.520. The SMILES string of the molecule is CC(=O)O[C@@]12CC[C@H](N(C)C(=O)C#Cc3ccccc3)[C@@H]3Oc4c(O)ccc5c4[C@@]31CCN(C)[C@@H]2C5. The van der Waals surface area contributed by atoms with Crippen LogP contribution in [0.5, 0.6) is 11.5 Å². The number of phenolic OH excluding ortho intramolecular Hbond substituents is 1. The topological polar surface area (TPSA) is 79.3 Å². The van der Waals surface area contributed by atoms with E-state index in [2.05, 4.69) is 23.8 Å². The van der Waals surface area contributed by atoms with Crippen LogP contribution in [-0.4, -0.2) is 71.2 Å². The van der Waals surface area contributed by atoms with E-state index < -0.39 is 17.1 Å². The van der Waals surface area contributed by atoms with Crippen molar-refractivity contribution in [1.82, 2.24) is 9.80 Å². The van der Waals surface area contributed by atoms with E-state index in [0.717, 1.165) is 23.2 Å². The van der Waals surface area contributed by atoms with Crippen molar-refractivity contribution in [3.63, 3.8) is 0 Å². The van der Waals surface area contributed by atoms with Gasteiger partial charge in [0.15, 0.2) is 11.5 Å². The Morgan fingerprint density at radius 1 is 1.19 bits per heavy atom. The highest BCUT2D eigenvalue weighted by Crippen LogP contribution is 2.66. The van der Waals surface area contributed by atoms with Gasteiger partial charge in [0.1, 0.15) is 11.7 Å². The number of piperidine rings is 1. The number of ether oxygens (including phenoxy) is 2. The van der Waals surface area contributed by atoms with E-state index in [1.54, 1.807) is 18.0 Å². The summed E-state index contributed by atoms with van der Waals surface area (Å²) in [6, 6.07) is 12.8. The molecule has 7 heteroatoms. The van der Waals surface area contributed by atoms with Crippen LogP contribution in [0.4, 0.5) is 0 Å². The molecule has 2 fully saturated rings. The van der Waals surface area contributed by atoms with Crippen molar-refractivity contribution in [1.29, 1.82) is 0 Å². The maximum atomic E-state index is 13.2. The number of aromatic hydroxyl groups is 1. The number of hydrogen-bond donors (Lipinski definition) is 1. The van der Waals surface area contributed by atoms with Gasteiger partial charge in [0, 0.05) is 31.0 Å². The number of carbonyl (C=O) groups is 2. The Labute approximate surface area is 211 Å². The molecular formula is C29H30N2O5. The highest BCUT2D eigenvalue weighted by molar-refractivity contribution is 5.94. The van der Waals surface area contributed by atoms with Gasteiger partial charge in [-0.25, -0.2) is 0 Å². The molecule has 2 aromatic carbocycles. The molecule has 7 nitrogen and oxygen atoms in total. The Morgan fingerprint density at radius 2 is 1.97 bits per heavy atom. The van der Waals surface area contributed by atoms with Crippen LogP contribution in [0.15, 0.2) is 42.5 Å². The van der Waals surface area contributed by atoms with E-state index in [-0.39, 0.29) is 29.7 Å². The minimum Gasteiger partial charge on any atom is -0.504 e. The molecule has 1 saturated heterocycles. The van der Waals surface area contributed by atoms with Gasteiger partial charge in [-0.3, -0.25) is 14.5 Å². The summed E-state index contributed by atoms with van der Waals surface area (Å²) in [5, 5.41) is 10.8. The molecule has 2 aromatic rings. The predicted octanol–water partition coefficient (Wildman–Crippen LogP) is 2.63. The molecule has 1 amide bonds. The molecule has 2 bridgehead atoms. The second-order valence-corrected chi connectivity index (χ2v) is 10.5. The lowest BCUT2D eigenvalue weighted by atomic mass is 9.48. The zero-order valence-corrected chi connectivity index (χ0v) is 20.8. The van der Waals surface area contributed by atoms with E-state index in [1.807, 2.05) is 36.4 Å². The zero-order chi connectivity index (χ0) is 25.2. The lowest BCUT2D eigenvalue weighted by molar-refractivity contribution is -0.220. The molecule has 1 N–H and O–H groups in total. The fourth-order valence-corrected chi connectivity index (χ4v) is 7.44. The average Bonchev–Trinajstić information content (AvgIpc) is 3.22. The molecule has 2 heterocycles. The fourth-order valence-electron chi connectivity index (χ4n) is 7.44. The van der Waals surface area contributed by atoms with Crippen LogP contribution < -0.4 is 4.74 Å². The van der Waals surface area contributed by atoms with Crippen molar-refractivity contribution in [3.05, 3.63) is 59.2 Å². The third-order valence-corrected chi connectivity index (χ3v) is 8.89. The second-order valence-electron chi connectivity index (χ2n) is 10.5. The molecule has 36 heavy (non-hydrogen) atoms. The van der Waals surface area contributed by atoms with Crippen molar-refractivity contribution >= 4 is 11.9 Å². The Balaban J connectivity index is 1.45. The Hall–Kier alpha value is -3.50. The van der Waals surface area contributed by atoms with Crippen molar-refractivity contribution < 1.29 is 24.2 Å². The largest absolute Gasteiger partial charge is 0.504 e. The van der Waals surface area contributed by atoms with E-state index in [0.29, 0.717) is 31.4 Å². The number of carbonyl (C=O) groups excluding carboxylic acids is 2. The van der Waals surface area contributed by atoms with Crippen LogP contribution in [0, 0.1) is 11.8 Å². The van der Waals surface area contributed by atoms with Crippen molar-refractivity contribution in [2.75, 3.05) is 20.6 Å². The van der Waals surface area contributed by atoms with Crippen molar-refractivity contribution in [3.8, 4) is 23.3 Å². The number of benzene rings is 2. The molecule has 2 aliphatic heterocycles. The first-order valence-electron chi connectivity index (χ1n) is 12.5. The van der Waals surface area contributed by atoms with Gasteiger partial charge in [0.05, 0.1) is 17.5 Å². The van der Waals surface area contributed by atoms with Gasteiger partial charge in [-0.2, -0.15) is 0 Å². The summed E-state index contributed by atoms with van der Waals surface area (Å²) in [7, 11) is 3.85. The Morgan fingerprint density at radius 3 is 2.72 bits per heavy atom. The molecule has 0 aromatic heterocycles. The highest BCUT2D eigenvalue weighted by Gasteiger charge is 2.75. The van der Waals surface area contributed by atoms with Gasteiger partial charge >= 0.3 is 5.97 Å². The van der Waals surface area contributed by atoms with E-state index >= 15 is 0 Å². The third kappa shape index (κ3) is 2.97. The lowest BCUT2D eigenvalue weighted by Crippen LogP contribution is -2.78. The Bertz CT molecular complexity index is 1310. The van der Waals surface area contributed by atoms with Crippen LogP contribution in [0.3, 0.4) is 0 Å². The normalized spacial score (nSPS) is 31.4. The highest BCUT2D eigenvalue weighted by atomic mass is 16.6. The molecule has 0 radical (unpaired) electrons. The predicted molar refractivity (Wildman–Crippen MR) is 133 cm³/mol. The molecular weight excluding hydrogens is 456 g/mol. The van der Waals surface area contributed by atoms with Gasteiger partial charge in [-0.05, 0) is 63.0 Å². The minimum absolute atomic E-state index is 0.0101. The molecule has 5 atom stereocenters. The summed E-state index contributed by atoms with van der Waals surface area (Å²) in [6.45, 7) is 2.27. The summed E-state index contributed by atoms with van der Waals surface area (Å²) in [4.78, 5) is 29.7. The average molecular weight is 487 g/mol. The molecule has 2 aliphatic carbocycles. The fraction of sp³-hybridized carbons (Fsp3) is 0.448. The van der Waals surface area contributed by atoms with Crippen LogP contribution in [-0.2, 0) is 26.2 Å². The van der Waals surface area contributed by atoms with Crippen LogP contribution >= 0.6 is 0 Å². The zero-order valence-electron chi connectivity index (χ0n) is 20.8. The first kappa shape index (κ1) is 22.9. The monoisotopic (exact) mass is 486 g/mol. The number of likely N-dealkylation sites (N-methyl/N-ethyl adjacent to an activating group) is 2. The number of phenols is 1. The maximum Gasteiger partial charge on any atom is 0.303 e. The van der Waals surface area contributed by atoms with Gasteiger partial charge in [0.25, 0.3) is 5.91 Å². The van der Waals surface area contributed by atoms with Gasteiger partial charge in [-0.15, -0.1) is 0 Å². The standard InChI is InChI=1S/C29H30N2O5/c1-18(32)36-29-14-13-21(31(3)24(34)12-9-19-7-5-4-6-8-19)27-28(29)15-16-30(2)23(29)17-20-10-11-22(33)26(35-27)25(20)28/h4-8,10-11,21,23,27,33H,13-17H2,1-3H3/t21-,23+,27-,28-,29+/m0/s1. The Kier molecular flexibility index (Phi) is 5.10. The second kappa shape index (κ2) is 8.01. The summed E-state index contributed by atoms with van der Waals surface area (Å²) in [5.41, 5.74) is 1.41. The molecule has 0 unspecified atom stereocenters. The van der Waals surface area contributed by atoms with Crippen LogP contribution in [0.25, 0.3) is 0 Å². The first-order valence-corrected chi connectivity index (χ1v) is 12.5. The number of amides is 1.